The van der Waals surface area contributed by atoms with Crippen molar-refractivity contribution in [3.05, 3.63) is 34.9 Å². The molecule has 2 rings (SSSR count). The predicted molar refractivity (Wildman–Crippen MR) is 59.4 cm³/mol. The van der Waals surface area contributed by atoms with E-state index in [9.17, 15) is 26.7 Å². The Kier molecular flexibility index (Phi) is 3.68. The van der Waals surface area contributed by atoms with Gasteiger partial charge in [-0.2, -0.15) is 13.2 Å². The molecular weight excluding hydrogens is 283 g/mol. The molecule has 0 bridgehead atoms. The molecule has 110 valence electrons. The number of amides is 1. The highest BCUT2D eigenvalue weighted by molar-refractivity contribution is 5.78. The van der Waals surface area contributed by atoms with Crippen LogP contribution in [0.5, 0.6) is 0 Å². The van der Waals surface area contributed by atoms with Gasteiger partial charge < -0.3 is 11.1 Å². The lowest BCUT2D eigenvalue weighted by atomic mass is 9.91. The fourth-order valence-electron chi connectivity index (χ4n) is 2.17. The summed E-state index contributed by atoms with van der Waals surface area (Å²) in [6, 6.07) is -0.508. The summed E-state index contributed by atoms with van der Waals surface area (Å²) >= 11 is 0. The van der Waals surface area contributed by atoms with E-state index in [1.54, 1.807) is 0 Å². The first-order valence-electron chi connectivity index (χ1n) is 5.78. The van der Waals surface area contributed by atoms with Crippen LogP contribution in [0.1, 0.15) is 23.6 Å². The summed E-state index contributed by atoms with van der Waals surface area (Å²) < 4.78 is 64.4. The Balaban J connectivity index is 2.34. The summed E-state index contributed by atoms with van der Waals surface area (Å²) in [5.41, 5.74) is 3.67. The zero-order chi connectivity index (χ0) is 15.1. The number of hydrogen-bond donors (Lipinski definition) is 2. The lowest BCUT2D eigenvalue weighted by Crippen LogP contribution is -2.25. The second-order valence-electron chi connectivity index (χ2n) is 4.65. The van der Waals surface area contributed by atoms with Crippen LogP contribution in [0.2, 0.25) is 0 Å². The predicted octanol–water partition coefficient (Wildman–Crippen LogP) is 2.12. The van der Waals surface area contributed by atoms with Crippen molar-refractivity contribution < 1.29 is 26.7 Å². The molecule has 1 heterocycles. The number of carbonyl (C=O) groups excluding carboxylic acids is 1. The molecule has 0 spiro atoms. The molecule has 20 heavy (non-hydrogen) atoms. The van der Waals surface area contributed by atoms with Crippen molar-refractivity contribution in [1.82, 2.24) is 5.32 Å². The Morgan fingerprint density at radius 2 is 1.90 bits per heavy atom. The zero-order valence-electron chi connectivity index (χ0n) is 10.1. The van der Waals surface area contributed by atoms with E-state index in [1.807, 2.05) is 0 Å². The van der Waals surface area contributed by atoms with Crippen LogP contribution in [-0.2, 0) is 11.0 Å². The number of alkyl halides is 3. The minimum Gasteiger partial charge on any atom is -0.356 e. The average Bonchev–Trinajstić information content (AvgIpc) is 2.76. The molecule has 3 N–H and O–H groups in total. The van der Waals surface area contributed by atoms with E-state index < -0.39 is 35.3 Å². The number of hydrogen-bond acceptors (Lipinski definition) is 2. The normalized spacial score (nSPS) is 20.9. The molecule has 3 nitrogen and oxygen atoms in total. The van der Waals surface area contributed by atoms with Crippen LogP contribution in [0.25, 0.3) is 0 Å². The topological polar surface area (TPSA) is 55.1 Å². The van der Waals surface area contributed by atoms with E-state index in [1.165, 1.54) is 0 Å². The van der Waals surface area contributed by atoms with E-state index in [4.69, 9.17) is 5.73 Å². The highest BCUT2D eigenvalue weighted by atomic mass is 19.4. The smallest absolute Gasteiger partial charge is 0.356 e. The van der Waals surface area contributed by atoms with Crippen LogP contribution >= 0.6 is 0 Å². The van der Waals surface area contributed by atoms with Gasteiger partial charge in [0.2, 0.25) is 5.91 Å². The molecule has 0 aliphatic carbocycles. The Labute approximate surface area is 110 Å². The number of carbonyl (C=O) groups is 1. The summed E-state index contributed by atoms with van der Waals surface area (Å²) in [7, 11) is 0. The van der Waals surface area contributed by atoms with Gasteiger partial charge in [-0.1, -0.05) is 0 Å². The minimum absolute atomic E-state index is 0.0310. The van der Waals surface area contributed by atoms with Crippen LogP contribution < -0.4 is 11.1 Å². The Morgan fingerprint density at radius 1 is 1.25 bits per heavy atom. The molecular formula is C12H11F5N2O. The van der Waals surface area contributed by atoms with Gasteiger partial charge in [0.15, 0.2) is 0 Å². The Bertz CT molecular complexity index is 543. The largest absolute Gasteiger partial charge is 0.419 e. The molecule has 1 amide bonds. The molecule has 0 saturated carbocycles. The van der Waals surface area contributed by atoms with Crippen LogP contribution in [-0.4, -0.2) is 12.5 Å². The molecule has 1 aromatic carbocycles. The van der Waals surface area contributed by atoms with Crippen molar-refractivity contribution in [3.63, 3.8) is 0 Å². The van der Waals surface area contributed by atoms with Gasteiger partial charge >= 0.3 is 6.18 Å². The van der Waals surface area contributed by atoms with Crippen LogP contribution in [0.3, 0.4) is 0 Å². The maximum absolute atomic E-state index is 13.7. The molecule has 1 saturated heterocycles. The summed E-state index contributed by atoms with van der Waals surface area (Å²) in [4.78, 5) is 11.0. The zero-order valence-corrected chi connectivity index (χ0v) is 10.1. The van der Waals surface area contributed by atoms with E-state index in [2.05, 4.69) is 5.32 Å². The second-order valence-corrected chi connectivity index (χ2v) is 4.65. The molecule has 0 radical (unpaired) electrons. The lowest BCUT2D eigenvalue weighted by molar-refractivity contribution is -0.140. The van der Waals surface area contributed by atoms with Crippen molar-refractivity contribution in [3.8, 4) is 0 Å². The third-order valence-electron chi connectivity index (χ3n) is 3.27. The molecule has 1 aromatic rings. The summed E-state index contributed by atoms with van der Waals surface area (Å²) in [6.07, 6.45) is -4.94. The van der Waals surface area contributed by atoms with Gasteiger partial charge in [-0.05, 0) is 12.1 Å². The molecule has 2 unspecified atom stereocenters. The van der Waals surface area contributed by atoms with Crippen molar-refractivity contribution in [2.24, 2.45) is 11.7 Å². The highest BCUT2D eigenvalue weighted by Gasteiger charge is 2.37. The van der Waals surface area contributed by atoms with Crippen molar-refractivity contribution in [2.45, 2.75) is 18.6 Å². The number of nitrogens with two attached hydrogens (primary N) is 1. The van der Waals surface area contributed by atoms with Crippen molar-refractivity contribution in [1.29, 1.82) is 0 Å². The fraction of sp³-hybridized carbons (Fsp3) is 0.417. The Hall–Kier alpha value is -1.70. The van der Waals surface area contributed by atoms with Gasteiger partial charge in [-0.3, -0.25) is 4.79 Å². The maximum Gasteiger partial charge on any atom is 0.419 e. The minimum atomic E-state index is -4.97. The standard InChI is InChI=1S/C12H11F5N2O/c13-8-3-7(12(15,16)17)9(14)2-6(8)11(18)5-1-10(20)19-4-5/h2-3,5,11H,1,4,18H2,(H,19,20). The second kappa shape index (κ2) is 5.01. The first-order chi connectivity index (χ1) is 9.20. The number of halogens is 5. The van der Waals surface area contributed by atoms with E-state index >= 15 is 0 Å². The molecule has 2 atom stereocenters. The SMILES string of the molecule is NC(c1cc(F)c(C(F)(F)F)cc1F)C1CNC(=O)C1. The van der Waals surface area contributed by atoms with Gasteiger partial charge in [0.05, 0.1) is 5.56 Å². The van der Waals surface area contributed by atoms with Gasteiger partial charge in [-0.25, -0.2) is 8.78 Å². The van der Waals surface area contributed by atoms with Gasteiger partial charge in [0.25, 0.3) is 0 Å². The molecule has 8 heteroatoms. The van der Waals surface area contributed by atoms with Crippen molar-refractivity contribution >= 4 is 5.91 Å². The molecule has 1 aliphatic heterocycles. The number of nitrogens with one attached hydrogen (secondary N) is 1. The average molecular weight is 294 g/mol. The molecule has 1 fully saturated rings. The van der Waals surface area contributed by atoms with Crippen LogP contribution in [0.4, 0.5) is 22.0 Å². The van der Waals surface area contributed by atoms with E-state index in [-0.39, 0.29) is 30.5 Å². The molecule has 0 aromatic heterocycles. The maximum atomic E-state index is 13.7. The summed E-state index contributed by atoms with van der Waals surface area (Å²) in [6.45, 7) is 0.183. The third-order valence-corrected chi connectivity index (χ3v) is 3.27. The summed E-state index contributed by atoms with van der Waals surface area (Å²) in [5, 5.41) is 2.47. The van der Waals surface area contributed by atoms with Crippen molar-refractivity contribution in [2.75, 3.05) is 6.54 Å². The highest BCUT2D eigenvalue weighted by Crippen LogP contribution is 2.35. The first kappa shape index (κ1) is 14.7. The van der Waals surface area contributed by atoms with E-state index in [0.717, 1.165) is 0 Å². The summed E-state index contributed by atoms with van der Waals surface area (Å²) in [5.74, 6) is -3.57. The van der Waals surface area contributed by atoms with Gasteiger partial charge in [-0.15, -0.1) is 0 Å². The number of rotatable bonds is 2. The van der Waals surface area contributed by atoms with Gasteiger partial charge in [0, 0.05) is 30.5 Å². The third kappa shape index (κ3) is 2.74. The number of benzene rings is 1. The lowest BCUT2D eigenvalue weighted by Gasteiger charge is -2.19. The Morgan fingerprint density at radius 3 is 2.40 bits per heavy atom. The van der Waals surface area contributed by atoms with Crippen LogP contribution in [0.15, 0.2) is 12.1 Å². The van der Waals surface area contributed by atoms with Gasteiger partial charge in [0.1, 0.15) is 11.6 Å². The monoisotopic (exact) mass is 294 g/mol. The van der Waals surface area contributed by atoms with E-state index in [0.29, 0.717) is 6.07 Å². The first-order valence-corrected chi connectivity index (χ1v) is 5.78. The molecule has 1 aliphatic rings. The fourth-order valence-corrected chi connectivity index (χ4v) is 2.17. The quantitative estimate of drug-likeness (QED) is 0.821. The van der Waals surface area contributed by atoms with Crippen LogP contribution in [0, 0.1) is 17.6 Å².